The number of hydrogen-bond donors (Lipinski definition) is 2. The number of rotatable bonds is 3. The molecule has 4 aromatic rings. The topological polar surface area (TPSA) is 107 Å². The molecule has 0 unspecified atom stereocenters. The van der Waals surface area contributed by atoms with Crippen molar-refractivity contribution in [3.8, 4) is 0 Å². The lowest BCUT2D eigenvalue weighted by atomic mass is 9.87. The largest absolute Gasteiger partial charge is 0.358 e. The average Bonchev–Trinajstić information content (AvgIpc) is 3.35. The minimum Gasteiger partial charge on any atom is -0.358 e. The van der Waals surface area contributed by atoms with E-state index in [1.807, 2.05) is 30.9 Å². The van der Waals surface area contributed by atoms with Crippen molar-refractivity contribution in [2.75, 3.05) is 29.4 Å². The van der Waals surface area contributed by atoms with E-state index in [-0.39, 0.29) is 34.6 Å². The van der Waals surface area contributed by atoms with Crippen LogP contribution in [0.25, 0.3) is 11.2 Å². The summed E-state index contributed by atoms with van der Waals surface area (Å²) < 4.78 is 15.7. The molecular formula is C27H27FN6O3. The number of amides is 1. The summed E-state index contributed by atoms with van der Waals surface area (Å²) >= 11 is 0. The Balaban J connectivity index is 1.24. The van der Waals surface area contributed by atoms with E-state index < -0.39 is 5.41 Å². The molecule has 1 saturated heterocycles. The number of benzene rings is 1. The van der Waals surface area contributed by atoms with Crippen molar-refractivity contribution in [2.24, 2.45) is 0 Å². The third-order valence-corrected chi connectivity index (χ3v) is 7.51. The minimum absolute atomic E-state index is 0.00182. The van der Waals surface area contributed by atoms with Gasteiger partial charge in [-0.2, -0.15) is 0 Å². The number of carbonyl (C=O) groups excluding carboxylic acids is 1. The number of pyridine rings is 2. The zero-order chi connectivity index (χ0) is 25.9. The van der Waals surface area contributed by atoms with Gasteiger partial charge in [-0.3, -0.25) is 19.1 Å². The molecule has 0 radical (unpaired) electrons. The van der Waals surface area contributed by atoms with Crippen LogP contribution in [0.1, 0.15) is 48.7 Å². The van der Waals surface area contributed by atoms with Gasteiger partial charge < -0.3 is 14.8 Å². The smallest absolute Gasteiger partial charge is 0.327 e. The van der Waals surface area contributed by atoms with Crippen molar-refractivity contribution >= 4 is 28.6 Å². The number of imidazole rings is 1. The van der Waals surface area contributed by atoms with Crippen LogP contribution in [-0.4, -0.2) is 45.1 Å². The molecule has 2 aliphatic rings. The lowest BCUT2D eigenvalue weighted by molar-refractivity contribution is 0.0985. The predicted octanol–water partition coefficient (Wildman–Crippen LogP) is 3.33. The van der Waals surface area contributed by atoms with Gasteiger partial charge in [-0.25, -0.2) is 14.2 Å². The molecule has 5 heterocycles. The van der Waals surface area contributed by atoms with E-state index in [4.69, 9.17) is 0 Å². The molecule has 1 aromatic carbocycles. The van der Waals surface area contributed by atoms with Crippen molar-refractivity contribution in [2.45, 2.75) is 38.1 Å². The molecule has 2 N–H and O–H groups in total. The number of piperidine rings is 1. The summed E-state index contributed by atoms with van der Waals surface area (Å²) in [6.07, 6.45) is 3.04. The quantitative estimate of drug-likeness (QED) is 0.447. The van der Waals surface area contributed by atoms with Gasteiger partial charge >= 0.3 is 5.69 Å². The molecule has 9 nitrogen and oxygen atoms in total. The number of nitrogens with zero attached hydrogens (tertiary/aromatic N) is 4. The number of aromatic amines is 2. The van der Waals surface area contributed by atoms with Gasteiger partial charge in [0.15, 0.2) is 5.65 Å². The molecule has 0 aliphatic carbocycles. The number of halogens is 1. The Morgan fingerprint density at radius 2 is 1.86 bits per heavy atom. The van der Waals surface area contributed by atoms with Gasteiger partial charge in [0.1, 0.15) is 11.6 Å². The summed E-state index contributed by atoms with van der Waals surface area (Å²) in [4.78, 5) is 52.3. The molecule has 6 rings (SSSR count). The van der Waals surface area contributed by atoms with Crippen molar-refractivity contribution in [1.29, 1.82) is 0 Å². The Labute approximate surface area is 211 Å². The molecule has 0 bridgehead atoms. The average molecular weight is 503 g/mol. The Hall–Kier alpha value is -4.21. The molecule has 0 spiro atoms. The molecule has 37 heavy (non-hydrogen) atoms. The van der Waals surface area contributed by atoms with Crippen LogP contribution in [0.15, 0.2) is 58.3 Å². The van der Waals surface area contributed by atoms with Crippen LogP contribution < -0.4 is 21.0 Å². The summed E-state index contributed by atoms with van der Waals surface area (Å²) in [6.45, 7) is 5.56. The first-order valence-electron chi connectivity index (χ1n) is 12.4. The second-order valence-corrected chi connectivity index (χ2v) is 10.4. The monoisotopic (exact) mass is 502 g/mol. The Morgan fingerprint density at radius 3 is 2.65 bits per heavy atom. The standard InChI is InChI=1S/C27H27FN6O3/c1-27(2)15-33(20-6-5-17(28)14-19(20)27)25(36)16-12-22(30-23(35)13-16)32-10-7-18(8-11-32)34-21-4-3-9-29-24(21)31-26(34)37/h3-6,9,12-14,18H,7-8,10-11,15H2,1-2H3,(H,30,35)(H,29,31,37). The lowest BCUT2D eigenvalue weighted by Crippen LogP contribution is -2.38. The van der Waals surface area contributed by atoms with E-state index in [1.165, 1.54) is 18.2 Å². The van der Waals surface area contributed by atoms with Gasteiger partial charge in [0.25, 0.3) is 5.91 Å². The maximum absolute atomic E-state index is 13.9. The van der Waals surface area contributed by atoms with Crippen LogP contribution in [-0.2, 0) is 5.41 Å². The number of nitrogens with one attached hydrogen (secondary N) is 2. The second kappa shape index (κ2) is 8.43. The zero-order valence-corrected chi connectivity index (χ0v) is 20.6. The molecule has 3 aromatic heterocycles. The second-order valence-electron chi connectivity index (χ2n) is 10.4. The number of hydrogen-bond acceptors (Lipinski definition) is 5. The van der Waals surface area contributed by atoms with Crippen LogP contribution in [0, 0.1) is 5.82 Å². The van der Waals surface area contributed by atoms with Gasteiger partial charge in [0, 0.05) is 54.6 Å². The Bertz CT molecular complexity index is 1640. The highest BCUT2D eigenvalue weighted by atomic mass is 19.1. The van der Waals surface area contributed by atoms with Crippen molar-refractivity contribution < 1.29 is 9.18 Å². The third kappa shape index (κ3) is 3.92. The first-order valence-corrected chi connectivity index (χ1v) is 12.4. The summed E-state index contributed by atoms with van der Waals surface area (Å²) in [7, 11) is 0. The number of aromatic nitrogens is 4. The molecule has 1 fully saturated rings. The molecule has 2 aliphatic heterocycles. The van der Waals surface area contributed by atoms with Crippen LogP contribution >= 0.6 is 0 Å². The molecule has 0 atom stereocenters. The van der Waals surface area contributed by atoms with Gasteiger partial charge in [-0.15, -0.1) is 0 Å². The number of H-pyrrole nitrogens is 2. The summed E-state index contributed by atoms with van der Waals surface area (Å²) in [5, 5.41) is 0. The van der Waals surface area contributed by atoms with Crippen molar-refractivity contribution in [1.82, 2.24) is 19.5 Å². The molecule has 1 amide bonds. The van der Waals surface area contributed by atoms with Gasteiger partial charge in [-0.1, -0.05) is 13.8 Å². The first kappa shape index (κ1) is 23.2. The number of anilines is 2. The van der Waals surface area contributed by atoms with E-state index in [0.29, 0.717) is 49.6 Å². The minimum atomic E-state index is -0.408. The van der Waals surface area contributed by atoms with E-state index in [2.05, 4.69) is 15.0 Å². The maximum atomic E-state index is 13.9. The van der Waals surface area contributed by atoms with E-state index >= 15 is 0 Å². The summed E-state index contributed by atoms with van der Waals surface area (Å²) in [6, 6.07) is 11.2. The van der Waals surface area contributed by atoms with Gasteiger partial charge in [-0.05, 0) is 54.8 Å². The SMILES string of the molecule is CC1(C)CN(C(=O)c2cc(N3CCC(n4c(=O)[nH]c5ncccc54)CC3)[nH]c(=O)c2)c2ccc(F)cc21. The number of fused-ring (bicyclic) bond motifs is 2. The lowest BCUT2D eigenvalue weighted by Gasteiger charge is -2.33. The van der Waals surface area contributed by atoms with Gasteiger partial charge in [0.2, 0.25) is 5.56 Å². The molecular weight excluding hydrogens is 475 g/mol. The molecule has 190 valence electrons. The normalized spacial score (nSPS) is 17.4. The number of carbonyl (C=O) groups is 1. The van der Waals surface area contributed by atoms with Crippen LogP contribution in [0.3, 0.4) is 0 Å². The highest BCUT2D eigenvalue weighted by Gasteiger charge is 2.39. The summed E-state index contributed by atoms with van der Waals surface area (Å²) in [5.74, 6) is -0.0623. The molecule has 10 heteroatoms. The van der Waals surface area contributed by atoms with Crippen LogP contribution in [0.2, 0.25) is 0 Å². The Morgan fingerprint density at radius 1 is 1.08 bits per heavy atom. The van der Waals surface area contributed by atoms with Crippen molar-refractivity contribution in [3.05, 3.63) is 86.4 Å². The maximum Gasteiger partial charge on any atom is 0.327 e. The highest BCUT2D eigenvalue weighted by Crippen LogP contribution is 2.41. The fourth-order valence-corrected chi connectivity index (χ4v) is 5.70. The molecule has 0 saturated carbocycles. The predicted molar refractivity (Wildman–Crippen MR) is 139 cm³/mol. The van der Waals surface area contributed by atoms with Crippen LogP contribution in [0.5, 0.6) is 0 Å². The highest BCUT2D eigenvalue weighted by molar-refractivity contribution is 6.08. The van der Waals surface area contributed by atoms with Gasteiger partial charge in [0.05, 0.1) is 5.52 Å². The Kier molecular flexibility index (Phi) is 5.29. The first-order chi connectivity index (χ1) is 17.7. The van der Waals surface area contributed by atoms with E-state index in [1.54, 1.807) is 27.8 Å². The third-order valence-electron chi connectivity index (χ3n) is 7.51. The summed E-state index contributed by atoms with van der Waals surface area (Å²) in [5.41, 5.74) is 2.12. The zero-order valence-electron chi connectivity index (χ0n) is 20.6. The van der Waals surface area contributed by atoms with Crippen molar-refractivity contribution in [3.63, 3.8) is 0 Å². The fraction of sp³-hybridized carbons (Fsp3) is 0.333. The van der Waals surface area contributed by atoms with E-state index in [0.717, 1.165) is 11.1 Å². The fourth-order valence-electron chi connectivity index (χ4n) is 5.70. The van der Waals surface area contributed by atoms with Crippen LogP contribution in [0.4, 0.5) is 15.9 Å². The van der Waals surface area contributed by atoms with E-state index in [9.17, 15) is 18.8 Å².